The van der Waals surface area contributed by atoms with Gasteiger partial charge in [-0.25, -0.2) is 0 Å². The predicted molar refractivity (Wildman–Crippen MR) is 43.0 cm³/mol. The van der Waals surface area contributed by atoms with Crippen molar-refractivity contribution >= 4 is 11.7 Å². The lowest BCUT2D eigenvalue weighted by Gasteiger charge is -2.08. The Morgan fingerprint density at radius 2 is 2.50 bits per heavy atom. The zero-order valence-corrected chi connectivity index (χ0v) is 6.45. The summed E-state index contributed by atoms with van der Waals surface area (Å²) in [6.07, 6.45) is 1.86. The van der Waals surface area contributed by atoms with E-state index in [0.29, 0.717) is 18.7 Å². The Labute approximate surface area is 69.4 Å². The fraction of sp³-hybridized carbons (Fsp3) is 0.429. The molecule has 0 saturated carbocycles. The van der Waals surface area contributed by atoms with Crippen LogP contribution in [0.25, 0.3) is 0 Å². The molecular weight excluding hydrogens is 160 g/mol. The van der Waals surface area contributed by atoms with Crippen molar-refractivity contribution in [1.29, 1.82) is 0 Å². The lowest BCUT2D eigenvalue weighted by Crippen LogP contribution is -2.19. The summed E-state index contributed by atoms with van der Waals surface area (Å²) in [4.78, 5) is 10.2. The van der Waals surface area contributed by atoms with Crippen LogP contribution >= 0.6 is 0 Å². The van der Waals surface area contributed by atoms with Crippen molar-refractivity contribution in [3.63, 3.8) is 0 Å². The predicted octanol–water partition coefficient (Wildman–Crippen LogP) is 0.252. The highest BCUT2D eigenvalue weighted by molar-refractivity contribution is 5.97. The van der Waals surface area contributed by atoms with Crippen LogP contribution in [0, 0.1) is 0 Å². The van der Waals surface area contributed by atoms with Gasteiger partial charge < -0.3 is 15.6 Å². The minimum Gasteiger partial charge on any atom is -0.510 e. The highest BCUT2D eigenvalue weighted by Crippen LogP contribution is 2.01. The van der Waals surface area contributed by atoms with Crippen molar-refractivity contribution in [2.75, 3.05) is 6.54 Å². The molecule has 12 heavy (non-hydrogen) atoms. The summed E-state index contributed by atoms with van der Waals surface area (Å²) in [5.74, 6) is -0.679. The second-order valence-electron chi connectivity index (χ2n) is 2.47. The van der Waals surface area contributed by atoms with Gasteiger partial charge >= 0.3 is 5.97 Å². The number of carboxylic acid groups (broad SMARTS) is 1. The molecule has 5 heteroatoms. The van der Waals surface area contributed by atoms with Crippen molar-refractivity contribution in [2.24, 2.45) is 5.10 Å². The minimum absolute atomic E-state index is 0.0320. The van der Waals surface area contributed by atoms with Crippen LogP contribution in [-0.4, -0.2) is 28.4 Å². The molecule has 0 saturated heterocycles. The molecule has 1 heterocycles. The Hall–Kier alpha value is -1.52. The summed E-state index contributed by atoms with van der Waals surface area (Å²) in [6.45, 7) is 0.316. The van der Waals surface area contributed by atoms with Crippen LogP contribution in [0.15, 0.2) is 16.9 Å². The minimum atomic E-state index is -0.865. The summed E-state index contributed by atoms with van der Waals surface area (Å²) >= 11 is 0. The van der Waals surface area contributed by atoms with Crippen LogP contribution in [0.1, 0.15) is 12.8 Å². The molecule has 1 aliphatic heterocycles. The molecule has 5 nitrogen and oxygen atoms in total. The summed E-state index contributed by atoms with van der Waals surface area (Å²) in [5.41, 5.74) is 3.16. The number of hydrazone groups is 1. The third-order valence-corrected chi connectivity index (χ3v) is 1.41. The number of hydrogen-bond acceptors (Lipinski definition) is 4. The third-order valence-electron chi connectivity index (χ3n) is 1.41. The van der Waals surface area contributed by atoms with Gasteiger partial charge in [-0.05, 0) is 0 Å². The van der Waals surface area contributed by atoms with E-state index in [1.54, 1.807) is 0 Å². The first-order valence-electron chi connectivity index (χ1n) is 3.59. The van der Waals surface area contributed by atoms with Crippen molar-refractivity contribution in [3.05, 3.63) is 11.8 Å². The third kappa shape index (κ3) is 2.61. The molecule has 0 aromatic carbocycles. The number of nitrogens with zero attached hydrogens (tertiary/aromatic N) is 1. The number of hydrogen-bond donors (Lipinski definition) is 3. The molecule has 0 unspecified atom stereocenters. The topological polar surface area (TPSA) is 81.9 Å². The number of carboxylic acids is 1. The molecule has 0 aliphatic carbocycles. The van der Waals surface area contributed by atoms with Crippen molar-refractivity contribution < 1.29 is 15.0 Å². The Bertz CT molecular complexity index is 245. The Balaban J connectivity index is 2.42. The average molecular weight is 170 g/mol. The van der Waals surface area contributed by atoms with Gasteiger partial charge in [-0.1, -0.05) is 0 Å². The van der Waals surface area contributed by atoms with Crippen molar-refractivity contribution in [1.82, 2.24) is 5.43 Å². The van der Waals surface area contributed by atoms with Crippen molar-refractivity contribution in [3.8, 4) is 0 Å². The smallest absolute Gasteiger partial charge is 0.303 e. The molecule has 0 bridgehead atoms. The van der Waals surface area contributed by atoms with Crippen LogP contribution in [0.5, 0.6) is 0 Å². The van der Waals surface area contributed by atoms with Crippen LogP contribution in [0.3, 0.4) is 0 Å². The SMILES string of the molecule is O=C(O)CCC1=NNCC(O)=C1. The van der Waals surface area contributed by atoms with Gasteiger partial charge in [0.25, 0.3) is 0 Å². The summed E-state index contributed by atoms with van der Waals surface area (Å²) in [6, 6.07) is 0. The van der Waals surface area contributed by atoms with Crippen LogP contribution in [0.2, 0.25) is 0 Å². The number of aliphatic carboxylic acids is 1. The normalized spacial score (nSPS) is 16.0. The van der Waals surface area contributed by atoms with E-state index in [1.807, 2.05) is 0 Å². The highest BCUT2D eigenvalue weighted by atomic mass is 16.4. The quantitative estimate of drug-likeness (QED) is 0.567. The van der Waals surface area contributed by atoms with Gasteiger partial charge in [0.2, 0.25) is 0 Å². The summed E-state index contributed by atoms with van der Waals surface area (Å²) in [5, 5.41) is 21.2. The second-order valence-corrected chi connectivity index (χ2v) is 2.47. The maximum atomic E-state index is 10.2. The van der Waals surface area contributed by atoms with Gasteiger partial charge in [-0.15, -0.1) is 0 Å². The van der Waals surface area contributed by atoms with E-state index in [0.717, 1.165) is 0 Å². The molecule has 0 aromatic rings. The van der Waals surface area contributed by atoms with Gasteiger partial charge in [0.15, 0.2) is 0 Å². The fourth-order valence-corrected chi connectivity index (χ4v) is 0.861. The van der Waals surface area contributed by atoms with Gasteiger partial charge in [0.1, 0.15) is 5.76 Å². The Morgan fingerprint density at radius 1 is 1.75 bits per heavy atom. The fourth-order valence-electron chi connectivity index (χ4n) is 0.861. The summed E-state index contributed by atoms with van der Waals surface area (Å²) < 4.78 is 0. The molecular formula is C7H10N2O3. The monoisotopic (exact) mass is 170 g/mol. The number of aliphatic hydroxyl groups excluding tert-OH is 1. The number of carbonyl (C=O) groups is 1. The Morgan fingerprint density at radius 3 is 3.08 bits per heavy atom. The number of allylic oxidation sites excluding steroid dienone is 1. The molecule has 1 rings (SSSR count). The van der Waals surface area contributed by atoms with E-state index < -0.39 is 5.97 Å². The van der Waals surface area contributed by atoms with E-state index in [-0.39, 0.29) is 12.2 Å². The zero-order valence-electron chi connectivity index (χ0n) is 6.45. The zero-order chi connectivity index (χ0) is 8.97. The first-order chi connectivity index (χ1) is 5.68. The molecule has 3 N–H and O–H groups in total. The number of rotatable bonds is 3. The largest absolute Gasteiger partial charge is 0.510 e. The molecule has 1 aliphatic rings. The van der Waals surface area contributed by atoms with Crippen LogP contribution in [-0.2, 0) is 4.79 Å². The van der Waals surface area contributed by atoms with Gasteiger partial charge in [0.05, 0.1) is 18.7 Å². The standard InChI is InChI=1S/C7H10N2O3/c10-6-3-5(9-8-4-6)1-2-7(11)12/h3,8,10H,1-2,4H2,(H,11,12). The molecule has 0 aromatic heterocycles. The van der Waals surface area contributed by atoms with E-state index in [1.165, 1.54) is 6.08 Å². The molecule has 0 fully saturated rings. The lowest BCUT2D eigenvalue weighted by atomic mass is 10.2. The lowest BCUT2D eigenvalue weighted by molar-refractivity contribution is -0.136. The van der Waals surface area contributed by atoms with E-state index in [2.05, 4.69) is 10.5 Å². The van der Waals surface area contributed by atoms with Gasteiger partial charge in [0, 0.05) is 12.5 Å². The molecule has 66 valence electrons. The van der Waals surface area contributed by atoms with Gasteiger partial charge in [-0.2, -0.15) is 5.10 Å². The van der Waals surface area contributed by atoms with Crippen LogP contribution < -0.4 is 5.43 Å². The number of aliphatic hydroxyl groups is 1. The van der Waals surface area contributed by atoms with E-state index >= 15 is 0 Å². The molecule has 0 spiro atoms. The van der Waals surface area contributed by atoms with Gasteiger partial charge in [-0.3, -0.25) is 4.79 Å². The molecule has 0 radical (unpaired) electrons. The van der Waals surface area contributed by atoms with Crippen LogP contribution in [0.4, 0.5) is 0 Å². The highest BCUT2D eigenvalue weighted by Gasteiger charge is 2.06. The Kier molecular flexibility index (Phi) is 2.68. The number of nitrogens with one attached hydrogen (secondary N) is 1. The first-order valence-corrected chi connectivity index (χ1v) is 3.59. The maximum absolute atomic E-state index is 10.2. The maximum Gasteiger partial charge on any atom is 0.303 e. The van der Waals surface area contributed by atoms with Crippen molar-refractivity contribution in [2.45, 2.75) is 12.8 Å². The molecule has 0 atom stereocenters. The molecule has 0 amide bonds. The van der Waals surface area contributed by atoms with E-state index in [9.17, 15) is 4.79 Å². The second kappa shape index (κ2) is 3.75. The first kappa shape index (κ1) is 8.58. The summed E-state index contributed by atoms with van der Waals surface area (Å²) in [7, 11) is 0. The van der Waals surface area contributed by atoms with E-state index in [4.69, 9.17) is 10.2 Å². The average Bonchev–Trinajstić information content (AvgIpc) is 2.01.